The van der Waals surface area contributed by atoms with Crippen molar-refractivity contribution in [2.45, 2.75) is 45.6 Å². The van der Waals surface area contributed by atoms with Gasteiger partial charge in [-0.25, -0.2) is 0 Å². The Labute approximate surface area is 125 Å². The Morgan fingerprint density at radius 2 is 2.14 bits per heavy atom. The molecule has 1 aliphatic heterocycles. The fourth-order valence-electron chi connectivity index (χ4n) is 3.02. The number of nitrogens with zero attached hydrogens (tertiary/aromatic N) is 1. The van der Waals surface area contributed by atoms with Crippen LogP contribution in [-0.2, 0) is 22.6 Å². The van der Waals surface area contributed by atoms with E-state index in [9.17, 15) is 9.59 Å². The normalized spacial score (nSPS) is 17.3. The van der Waals surface area contributed by atoms with Crippen molar-refractivity contribution in [2.24, 2.45) is 5.92 Å². The standard InChI is InChI=1S/C17H22N2O2/c1-2-16(20)19-9-8-14-10-12(6-7-15(14)19)11-18-17(21)13-4-3-5-13/h6-7,10,13H,2-5,8-9,11H2,1H3,(H,18,21). The van der Waals surface area contributed by atoms with Crippen LogP contribution in [0.5, 0.6) is 0 Å². The number of nitrogens with one attached hydrogen (secondary N) is 1. The van der Waals surface area contributed by atoms with Gasteiger partial charge in [-0.2, -0.15) is 0 Å². The summed E-state index contributed by atoms with van der Waals surface area (Å²) in [7, 11) is 0. The van der Waals surface area contributed by atoms with Gasteiger partial charge in [0.25, 0.3) is 0 Å². The van der Waals surface area contributed by atoms with E-state index < -0.39 is 0 Å². The second-order valence-electron chi connectivity index (χ2n) is 5.96. The Kier molecular flexibility index (Phi) is 3.95. The molecule has 0 radical (unpaired) electrons. The first-order valence-electron chi connectivity index (χ1n) is 7.89. The van der Waals surface area contributed by atoms with Gasteiger partial charge >= 0.3 is 0 Å². The fraction of sp³-hybridized carbons (Fsp3) is 0.529. The number of benzene rings is 1. The van der Waals surface area contributed by atoms with Crippen molar-refractivity contribution in [3.05, 3.63) is 29.3 Å². The molecule has 112 valence electrons. The molecule has 1 aromatic rings. The molecular formula is C17H22N2O2. The number of carbonyl (C=O) groups is 2. The summed E-state index contributed by atoms with van der Waals surface area (Å²) in [5.41, 5.74) is 3.37. The van der Waals surface area contributed by atoms with Crippen LogP contribution in [0.2, 0.25) is 0 Å². The molecule has 2 aliphatic rings. The highest BCUT2D eigenvalue weighted by Crippen LogP contribution is 2.30. The third-order valence-corrected chi connectivity index (χ3v) is 4.59. The minimum atomic E-state index is 0.180. The van der Waals surface area contributed by atoms with E-state index in [0.29, 0.717) is 13.0 Å². The summed E-state index contributed by atoms with van der Waals surface area (Å²) < 4.78 is 0. The van der Waals surface area contributed by atoms with Gasteiger partial charge in [-0.1, -0.05) is 25.5 Å². The predicted molar refractivity (Wildman–Crippen MR) is 82.0 cm³/mol. The molecule has 21 heavy (non-hydrogen) atoms. The van der Waals surface area contributed by atoms with Gasteiger partial charge in [0.1, 0.15) is 0 Å². The van der Waals surface area contributed by atoms with Crippen molar-refractivity contribution < 1.29 is 9.59 Å². The first kappa shape index (κ1) is 14.1. The third-order valence-electron chi connectivity index (χ3n) is 4.59. The van der Waals surface area contributed by atoms with Gasteiger partial charge in [0.2, 0.25) is 11.8 Å². The maximum absolute atomic E-state index is 11.9. The van der Waals surface area contributed by atoms with Crippen molar-refractivity contribution >= 4 is 17.5 Å². The quantitative estimate of drug-likeness (QED) is 0.924. The molecule has 1 heterocycles. The van der Waals surface area contributed by atoms with Crippen LogP contribution in [0.15, 0.2) is 18.2 Å². The molecule has 0 atom stereocenters. The van der Waals surface area contributed by atoms with Crippen LogP contribution in [0, 0.1) is 5.92 Å². The summed E-state index contributed by atoms with van der Waals surface area (Å²) in [5, 5.41) is 3.02. The second-order valence-corrected chi connectivity index (χ2v) is 5.96. The number of amides is 2. The van der Waals surface area contributed by atoms with Crippen LogP contribution in [0.4, 0.5) is 5.69 Å². The summed E-state index contributed by atoms with van der Waals surface area (Å²) in [6.45, 7) is 3.26. The van der Waals surface area contributed by atoms with Crippen LogP contribution < -0.4 is 10.2 Å². The zero-order chi connectivity index (χ0) is 14.8. The van der Waals surface area contributed by atoms with E-state index in [2.05, 4.69) is 11.4 Å². The third kappa shape index (κ3) is 2.80. The lowest BCUT2D eigenvalue weighted by atomic mass is 9.85. The zero-order valence-electron chi connectivity index (χ0n) is 12.5. The minimum Gasteiger partial charge on any atom is -0.352 e. The molecule has 1 aromatic carbocycles. The molecule has 1 N–H and O–H groups in total. The summed E-state index contributed by atoms with van der Waals surface area (Å²) in [6.07, 6.45) is 4.69. The summed E-state index contributed by atoms with van der Waals surface area (Å²) in [6, 6.07) is 6.15. The van der Waals surface area contributed by atoms with E-state index in [1.807, 2.05) is 24.0 Å². The molecule has 4 nitrogen and oxygen atoms in total. The lowest BCUT2D eigenvalue weighted by Crippen LogP contribution is -2.33. The van der Waals surface area contributed by atoms with Gasteiger partial charge in [0.15, 0.2) is 0 Å². The lowest BCUT2D eigenvalue weighted by Gasteiger charge is -2.24. The Hall–Kier alpha value is -1.84. The van der Waals surface area contributed by atoms with Crippen LogP contribution in [0.3, 0.4) is 0 Å². The Morgan fingerprint density at radius 1 is 1.33 bits per heavy atom. The fourth-order valence-corrected chi connectivity index (χ4v) is 3.02. The summed E-state index contributed by atoms with van der Waals surface area (Å²) in [5.74, 6) is 0.599. The molecule has 1 saturated carbocycles. The maximum Gasteiger partial charge on any atom is 0.226 e. The number of anilines is 1. The maximum atomic E-state index is 11.9. The van der Waals surface area contributed by atoms with Gasteiger partial charge in [0.05, 0.1) is 0 Å². The summed E-state index contributed by atoms with van der Waals surface area (Å²) in [4.78, 5) is 25.6. The van der Waals surface area contributed by atoms with E-state index in [4.69, 9.17) is 0 Å². The van der Waals surface area contributed by atoms with E-state index in [1.165, 1.54) is 12.0 Å². The molecular weight excluding hydrogens is 264 g/mol. The van der Waals surface area contributed by atoms with Crippen molar-refractivity contribution in [1.29, 1.82) is 0 Å². The van der Waals surface area contributed by atoms with E-state index in [1.54, 1.807) is 0 Å². The number of carbonyl (C=O) groups excluding carboxylic acids is 2. The van der Waals surface area contributed by atoms with Crippen LogP contribution in [0.1, 0.15) is 43.7 Å². The Morgan fingerprint density at radius 3 is 2.81 bits per heavy atom. The molecule has 0 aromatic heterocycles. The van der Waals surface area contributed by atoms with Gasteiger partial charge < -0.3 is 10.2 Å². The molecule has 1 aliphatic carbocycles. The number of hydrogen-bond acceptors (Lipinski definition) is 2. The molecule has 0 unspecified atom stereocenters. The average molecular weight is 286 g/mol. The second kappa shape index (κ2) is 5.88. The van der Waals surface area contributed by atoms with Gasteiger partial charge in [0, 0.05) is 31.1 Å². The highest BCUT2D eigenvalue weighted by molar-refractivity contribution is 5.95. The van der Waals surface area contributed by atoms with E-state index >= 15 is 0 Å². The van der Waals surface area contributed by atoms with Crippen molar-refractivity contribution in [3.8, 4) is 0 Å². The van der Waals surface area contributed by atoms with Crippen molar-refractivity contribution in [3.63, 3.8) is 0 Å². The topological polar surface area (TPSA) is 49.4 Å². The first-order valence-corrected chi connectivity index (χ1v) is 7.89. The molecule has 0 spiro atoms. The molecule has 0 saturated heterocycles. The van der Waals surface area contributed by atoms with Gasteiger partial charge in [-0.05, 0) is 36.5 Å². The van der Waals surface area contributed by atoms with Crippen molar-refractivity contribution in [1.82, 2.24) is 5.32 Å². The highest BCUT2D eigenvalue weighted by atomic mass is 16.2. The van der Waals surface area contributed by atoms with Gasteiger partial charge in [-0.3, -0.25) is 9.59 Å². The van der Waals surface area contributed by atoms with Crippen molar-refractivity contribution in [2.75, 3.05) is 11.4 Å². The lowest BCUT2D eigenvalue weighted by molar-refractivity contribution is -0.127. The summed E-state index contributed by atoms with van der Waals surface area (Å²) >= 11 is 0. The minimum absolute atomic E-state index is 0.180. The average Bonchev–Trinajstić information content (AvgIpc) is 2.85. The van der Waals surface area contributed by atoms with E-state index in [0.717, 1.165) is 37.1 Å². The predicted octanol–water partition coefficient (Wildman–Crippen LogP) is 2.40. The number of fused-ring (bicyclic) bond motifs is 1. The number of rotatable bonds is 4. The largest absolute Gasteiger partial charge is 0.352 e. The Balaban J connectivity index is 1.64. The molecule has 3 rings (SSSR count). The first-order chi connectivity index (χ1) is 10.2. The zero-order valence-corrected chi connectivity index (χ0v) is 12.5. The van der Waals surface area contributed by atoms with Gasteiger partial charge in [-0.15, -0.1) is 0 Å². The molecule has 1 fully saturated rings. The SMILES string of the molecule is CCC(=O)N1CCc2cc(CNC(=O)C3CCC3)ccc21. The van der Waals surface area contributed by atoms with E-state index in [-0.39, 0.29) is 17.7 Å². The van der Waals surface area contributed by atoms with Crippen LogP contribution >= 0.6 is 0 Å². The molecule has 0 bridgehead atoms. The number of hydrogen-bond donors (Lipinski definition) is 1. The highest BCUT2D eigenvalue weighted by Gasteiger charge is 2.25. The molecule has 2 amide bonds. The van der Waals surface area contributed by atoms with Crippen LogP contribution in [-0.4, -0.2) is 18.4 Å². The van der Waals surface area contributed by atoms with Crippen LogP contribution in [0.25, 0.3) is 0 Å². The molecule has 4 heteroatoms. The smallest absolute Gasteiger partial charge is 0.226 e. The monoisotopic (exact) mass is 286 g/mol. The Bertz CT molecular complexity index is 564.